The Bertz CT molecular complexity index is 530. The molecule has 1 aliphatic rings. The molecule has 128 valence electrons. The Kier molecular flexibility index (Phi) is 5.68. The SMILES string of the molecule is CC(C)(C)OC(=O)N1CCCC(O)(c2ccc(Br)nc2)CCC1. The molecule has 1 fully saturated rings. The normalized spacial score (nSPS) is 18.9. The van der Waals surface area contributed by atoms with E-state index in [1.165, 1.54) is 0 Å². The molecule has 5 nitrogen and oxygen atoms in total. The molecule has 0 saturated carbocycles. The van der Waals surface area contributed by atoms with Crippen molar-refractivity contribution in [3.05, 3.63) is 28.5 Å². The molecule has 0 aliphatic carbocycles. The highest BCUT2D eigenvalue weighted by atomic mass is 79.9. The maximum Gasteiger partial charge on any atom is 0.410 e. The molecule has 23 heavy (non-hydrogen) atoms. The summed E-state index contributed by atoms with van der Waals surface area (Å²) in [4.78, 5) is 18.1. The number of nitrogens with zero attached hydrogens (tertiary/aromatic N) is 2. The average molecular weight is 385 g/mol. The van der Waals surface area contributed by atoms with Gasteiger partial charge in [0.25, 0.3) is 0 Å². The molecule has 0 atom stereocenters. The van der Waals surface area contributed by atoms with Crippen LogP contribution in [0, 0.1) is 0 Å². The Balaban J connectivity index is 1.99. The summed E-state index contributed by atoms with van der Waals surface area (Å²) in [6, 6.07) is 3.75. The smallest absolute Gasteiger partial charge is 0.410 e. The molecule has 1 aliphatic heterocycles. The minimum atomic E-state index is -0.867. The van der Waals surface area contributed by atoms with Gasteiger partial charge in [-0.1, -0.05) is 6.07 Å². The number of aromatic nitrogens is 1. The van der Waals surface area contributed by atoms with E-state index in [0.29, 0.717) is 25.9 Å². The van der Waals surface area contributed by atoms with Crippen LogP contribution in [-0.4, -0.2) is 39.8 Å². The lowest BCUT2D eigenvalue weighted by molar-refractivity contribution is -0.00864. The fourth-order valence-corrected chi connectivity index (χ4v) is 3.04. The van der Waals surface area contributed by atoms with Gasteiger partial charge in [-0.05, 0) is 68.5 Å². The zero-order chi connectivity index (χ0) is 17.1. The number of aliphatic hydroxyl groups is 1. The van der Waals surface area contributed by atoms with Gasteiger partial charge in [0.2, 0.25) is 0 Å². The monoisotopic (exact) mass is 384 g/mol. The quantitative estimate of drug-likeness (QED) is 0.746. The molecule has 1 aromatic rings. The van der Waals surface area contributed by atoms with Crippen LogP contribution in [-0.2, 0) is 10.3 Å². The second kappa shape index (κ2) is 7.18. The van der Waals surface area contributed by atoms with E-state index in [1.54, 1.807) is 11.1 Å². The molecule has 2 heterocycles. The van der Waals surface area contributed by atoms with Crippen molar-refractivity contribution in [1.29, 1.82) is 0 Å². The van der Waals surface area contributed by atoms with Crippen LogP contribution in [0.25, 0.3) is 0 Å². The van der Waals surface area contributed by atoms with Crippen molar-refractivity contribution in [3.63, 3.8) is 0 Å². The third kappa shape index (κ3) is 5.18. The van der Waals surface area contributed by atoms with Crippen LogP contribution >= 0.6 is 15.9 Å². The van der Waals surface area contributed by atoms with Crippen LogP contribution in [0.2, 0.25) is 0 Å². The third-order valence-electron chi connectivity index (χ3n) is 3.95. The lowest BCUT2D eigenvalue weighted by Gasteiger charge is -2.34. The molecule has 0 bridgehead atoms. The molecule has 0 unspecified atom stereocenters. The van der Waals surface area contributed by atoms with Gasteiger partial charge in [0.15, 0.2) is 0 Å². The van der Waals surface area contributed by atoms with Gasteiger partial charge in [-0.3, -0.25) is 0 Å². The van der Waals surface area contributed by atoms with Gasteiger partial charge >= 0.3 is 6.09 Å². The highest BCUT2D eigenvalue weighted by Crippen LogP contribution is 2.33. The molecule has 0 radical (unpaired) electrons. The number of rotatable bonds is 1. The zero-order valence-corrected chi connectivity index (χ0v) is 15.6. The number of pyridine rings is 1. The van der Waals surface area contributed by atoms with Gasteiger partial charge in [-0.2, -0.15) is 0 Å². The molecular formula is C17H25BrN2O3. The van der Waals surface area contributed by atoms with E-state index in [-0.39, 0.29) is 6.09 Å². The van der Waals surface area contributed by atoms with E-state index < -0.39 is 11.2 Å². The minimum Gasteiger partial charge on any atom is -0.444 e. The summed E-state index contributed by atoms with van der Waals surface area (Å²) >= 11 is 3.31. The first-order valence-electron chi connectivity index (χ1n) is 8.02. The molecule has 1 N–H and O–H groups in total. The largest absolute Gasteiger partial charge is 0.444 e. The summed E-state index contributed by atoms with van der Waals surface area (Å²) in [5, 5.41) is 11.0. The zero-order valence-electron chi connectivity index (χ0n) is 14.0. The van der Waals surface area contributed by atoms with Gasteiger partial charge in [0, 0.05) is 24.8 Å². The maximum absolute atomic E-state index is 12.2. The number of carbonyl (C=O) groups excluding carboxylic acids is 1. The minimum absolute atomic E-state index is 0.270. The number of carbonyl (C=O) groups is 1. The summed E-state index contributed by atoms with van der Waals surface area (Å²) in [6.45, 7) is 6.80. The first-order chi connectivity index (χ1) is 10.7. The maximum atomic E-state index is 12.2. The Hall–Kier alpha value is -1.14. The fourth-order valence-electron chi connectivity index (χ4n) is 2.81. The highest BCUT2D eigenvalue weighted by Gasteiger charge is 2.32. The van der Waals surface area contributed by atoms with Gasteiger partial charge in [-0.15, -0.1) is 0 Å². The Labute approximate surface area is 146 Å². The summed E-state index contributed by atoms with van der Waals surface area (Å²) in [6.07, 6.45) is 4.12. The number of amides is 1. The van der Waals surface area contributed by atoms with Crippen LogP contribution in [0.1, 0.15) is 52.0 Å². The molecule has 2 rings (SSSR count). The third-order valence-corrected chi connectivity index (χ3v) is 4.42. The number of hydrogen-bond acceptors (Lipinski definition) is 4. The van der Waals surface area contributed by atoms with Crippen molar-refractivity contribution in [1.82, 2.24) is 9.88 Å². The lowest BCUT2D eigenvalue weighted by Crippen LogP contribution is -2.41. The first-order valence-corrected chi connectivity index (χ1v) is 8.81. The van der Waals surface area contributed by atoms with E-state index in [4.69, 9.17) is 4.74 Å². The standard InChI is InChI=1S/C17H25BrN2O3/c1-16(2,3)23-15(21)20-10-4-8-17(22,9-5-11-20)13-6-7-14(18)19-12-13/h6-7,12,22H,4-5,8-11H2,1-3H3. The second-order valence-electron chi connectivity index (χ2n) is 7.08. The highest BCUT2D eigenvalue weighted by molar-refractivity contribution is 9.10. The van der Waals surface area contributed by atoms with Gasteiger partial charge in [0.05, 0.1) is 5.60 Å². The van der Waals surface area contributed by atoms with E-state index in [9.17, 15) is 9.90 Å². The van der Waals surface area contributed by atoms with Crippen LogP contribution in [0.5, 0.6) is 0 Å². The Morgan fingerprint density at radius 1 is 1.30 bits per heavy atom. The summed E-state index contributed by atoms with van der Waals surface area (Å²) in [5.41, 5.74) is -0.511. The predicted molar refractivity (Wildman–Crippen MR) is 92.1 cm³/mol. The number of halogens is 1. The molecular weight excluding hydrogens is 360 g/mol. The van der Waals surface area contributed by atoms with E-state index in [0.717, 1.165) is 23.0 Å². The van der Waals surface area contributed by atoms with Crippen LogP contribution < -0.4 is 0 Å². The molecule has 0 aromatic carbocycles. The van der Waals surface area contributed by atoms with Crippen molar-refractivity contribution in [2.24, 2.45) is 0 Å². The van der Waals surface area contributed by atoms with E-state index in [2.05, 4.69) is 20.9 Å². The summed E-state index contributed by atoms with van der Waals surface area (Å²) < 4.78 is 6.19. The van der Waals surface area contributed by atoms with Gasteiger partial charge in [-0.25, -0.2) is 9.78 Å². The van der Waals surface area contributed by atoms with Gasteiger partial charge < -0.3 is 14.7 Å². The average Bonchev–Trinajstić information content (AvgIpc) is 2.41. The second-order valence-corrected chi connectivity index (χ2v) is 7.89. The van der Waals surface area contributed by atoms with Crippen LogP contribution in [0.3, 0.4) is 0 Å². The van der Waals surface area contributed by atoms with Crippen molar-refractivity contribution < 1.29 is 14.6 Å². The van der Waals surface area contributed by atoms with Crippen LogP contribution in [0.4, 0.5) is 4.79 Å². The molecule has 0 spiro atoms. The lowest BCUT2D eigenvalue weighted by atomic mass is 9.85. The fraction of sp³-hybridized carbons (Fsp3) is 0.647. The van der Waals surface area contributed by atoms with Crippen molar-refractivity contribution in [3.8, 4) is 0 Å². The van der Waals surface area contributed by atoms with Gasteiger partial charge in [0.1, 0.15) is 10.2 Å². The molecule has 1 aromatic heterocycles. The summed E-state index contributed by atoms with van der Waals surface area (Å²) in [7, 11) is 0. The Morgan fingerprint density at radius 2 is 1.91 bits per heavy atom. The Morgan fingerprint density at radius 3 is 2.39 bits per heavy atom. The van der Waals surface area contributed by atoms with Crippen LogP contribution in [0.15, 0.2) is 22.9 Å². The predicted octanol–water partition coefficient (Wildman–Crippen LogP) is 3.84. The molecule has 1 amide bonds. The topological polar surface area (TPSA) is 62.7 Å². The first kappa shape index (κ1) is 18.2. The van der Waals surface area contributed by atoms with Crippen molar-refractivity contribution in [2.45, 2.75) is 57.7 Å². The number of hydrogen-bond donors (Lipinski definition) is 1. The van der Waals surface area contributed by atoms with E-state index in [1.807, 2.05) is 32.9 Å². The molecule has 1 saturated heterocycles. The van der Waals surface area contributed by atoms with E-state index >= 15 is 0 Å². The number of likely N-dealkylation sites (tertiary alicyclic amines) is 1. The van der Waals surface area contributed by atoms with Crippen molar-refractivity contribution in [2.75, 3.05) is 13.1 Å². The van der Waals surface area contributed by atoms with Crippen molar-refractivity contribution >= 4 is 22.0 Å². The molecule has 6 heteroatoms. The summed E-state index contributed by atoms with van der Waals surface area (Å²) in [5.74, 6) is 0. The number of ether oxygens (including phenoxy) is 1.